The number of aromatic amines is 1. The van der Waals surface area contributed by atoms with Crippen molar-refractivity contribution in [3.8, 4) is 0 Å². The van der Waals surface area contributed by atoms with Gasteiger partial charge in [0, 0.05) is 69.2 Å². The van der Waals surface area contributed by atoms with Crippen LogP contribution < -0.4 is 10.2 Å². The molecule has 3 heterocycles. The van der Waals surface area contributed by atoms with Gasteiger partial charge in [-0.05, 0) is 39.8 Å². The van der Waals surface area contributed by atoms with Crippen molar-refractivity contribution < 1.29 is 9.53 Å². The van der Waals surface area contributed by atoms with Gasteiger partial charge in [-0.15, -0.1) is 0 Å². The third-order valence-corrected chi connectivity index (χ3v) is 6.43. The summed E-state index contributed by atoms with van der Waals surface area (Å²) in [5.74, 6) is 1.71. The summed E-state index contributed by atoms with van der Waals surface area (Å²) < 4.78 is 5.51. The molecule has 2 aliphatic heterocycles. The Bertz CT molecular complexity index is 642. The van der Waals surface area contributed by atoms with E-state index in [1.54, 1.807) is 0 Å². The molecule has 150 valence electrons. The molecule has 2 N–H and O–H groups in total. The fraction of sp³-hybridized carbons (Fsp3) is 0.789. The van der Waals surface area contributed by atoms with E-state index in [2.05, 4.69) is 45.5 Å². The van der Waals surface area contributed by atoms with Crippen LogP contribution in [0, 0.1) is 0 Å². The van der Waals surface area contributed by atoms with Crippen molar-refractivity contribution in [1.29, 1.82) is 0 Å². The summed E-state index contributed by atoms with van der Waals surface area (Å²) in [7, 11) is 4.19. The van der Waals surface area contributed by atoms with E-state index in [1.807, 2.05) is 4.90 Å². The Kier molecular flexibility index (Phi) is 5.27. The van der Waals surface area contributed by atoms with Gasteiger partial charge in [0.2, 0.25) is 0 Å². The first kappa shape index (κ1) is 18.6. The molecule has 1 aromatic heterocycles. The molecule has 0 radical (unpaired) electrons. The molecule has 8 heteroatoms. The molecule has 0 spiro atoms. The summed E-state index contributed by atoms with van der Waals surface area (Å²) in [6.07, 6.45) is 4.46. The number of likely N-dealkylation sites (N-methyl/N-ethyl adjacent to an activating group) is 1. The molecule has 1 saturated carbocycles. The monoisotopic (exact) mass is 376 g/mol. The topological polar surface area (TPSA) is 76.7 Å². The van der Waals surface area contributed by atoms with E-state index >= 15 is 0 Å². The molecule has 0 aromatic carbocycles. The minimum atomic E-state index is 0.00396. The molecule has 1 aromatic rings. The van der Waals surface area contributed by atoms with Crippen molar-refractivity contribution in [3.63, 3.8) is 0 Å². The Morgan fingerprint density at radius 2 is 2.00 bits per heavy atom. The van der Waals surface area contributed by atoms with Crippen LogP contribution in [0.15, 0.2) is 6.07 Å². The molecular weight excluding hydrogens is 344 g/mol. The fourth-order valence-corrected chi connectivity index (χ4v) is 4.11. The summed E-state index contributed by atoms with van der Waals surface area (Å²) in [6.45, 7) is 5.32. The quantitative estimate of drug-likeness (QED) is 0.808. The first-order chi connectivity index (χ1) is 13.1. The first-order valence-corrected chi connectivity index (χ1v) is 10.2. The van der Waals surface area contributed by atoms with Crippen LogP contribution in [0.5, 0.6) is 0 Å². The molecule has 8 nitrogen and oxygen atoms in total. The highest BCUT2D eigenvalue weighted by Gasteiger charge is 2.36. The molecule has 0 bridgehead atoms. The van der Waals surface area contributed by atoms with Gasteiger partial charge >= 0.3 is 6.03 Å². The Labute approximate surface area is 161 Å². The summed E-state index contributed by atoms with van der Waals surface area (Å²) >= 11 is 0. The van der Waals surface area contributed by atoms with Crippen molar-refractivity contribution in [3.05, 3.63) is 11.8 Å². The van der Waals surface area contributed by atoms with E-state index in [-0.39, 0.29) is 11.6 Å². The number of hydrogen-bond acceptors (Lipinski definition) is 5. The van der Waals surface area contributed by atoms with Gasteiger partial charge < -0.3 is 24.8 Å². The number of urea groups is 1. The standard InChI is InChI=1S/C19H32N6O2/c1-23(2)19(5-11-27-12-6-19)14-20-18(26)25-9-7-24(8-10-25)17-13-16(21-22-17)15-3-4-15/h13,15H,3-12,14H2,1-2H3,(H,20,26)(H,21,22). The lowest BCUT2D eigenvalue weighted by molar-refractivity contribution is -0.00623. The van der Waals surface area contributed by atoms with Gasteiger partial charge in [0.25, 0.3) is 0 Å². The summed E-state index contributed by atoms with van der Waals surface area (Å²) in [6, 6.07) is 2.22. The number of H-pyrrole nitrogens is 1. The average Bonchev–Trinajstić information content (AvgIpc) is 3.43. The lowest BCUT2D eigenvalue weighted by Gasteiger charge is -2.43. The van der Waals surface area contributed by atoms with Crippen molar-refractivity contribution >= 4 is 11.8 Å². The van der Waals surface area contributed by atoms with Crippen LogP contribution in [0.3, 0.4) is 0 Å². The van der Waals surface area contributed by atoms with Gasteiger partial charge in [0.15, 0.2) is 5.82 Å². The predicted octanol–water partition coefficient (Wildman–Crippen LogP) is 1.23. The van der Waals surface area contributed by atoms with Crippen molar-refractivity contribution in [1.82, 2.24) is 25.3 Å². The van der Waals surface area contributed by atoms with Crippen LogP contribution >= 0.6 is 0 Å². The molecule has 2 saturated heterocycles. The smallest absolute Gasteiger partial charge is 0.317 e. The zero-order chi connectivity index (χ0) is 18.9. The second kappa shape index (κ2) is 7.67. The number of anilines is 1. The Morgan fingerprint density at radius 1 is 1.30 bits per heavy atom. The minimum absolute atomic E-state index is 0.00396. The van der Waals surface area contributed by atoms with Crippen LogP contribution in [0.25, 0.3) is 0 Å². The maximum absolute atomic E-state index is 12.7. The fourth-order valence-electron chi connectivity index (χ4n) is 4.11. The molecule has 1 aliphatic carbocycles. The SMILES string of the molecule is CN(C)C1(CNC(=O)N2CCN(c3cc(C4CC4)[nH]n3)CC2)CCOCC1. The van der Waals surface area contributed by atoms with E-state index in [4.69, 9.17) is 4.74 Å². The number of nitrogens with zero attached hydrogens (tertiary/aromatic N) is 4. The Balaban J connectivity index is 1.26. The van der Waals surface area contributed by atoms with E-state index in [0.717, 1.165) is 58.1 Å². The number of rotatable bonds is 5. The maximum Gasteiger partial charge on any atom is 0.317 e. The lowest BCUT2D eigenvalue weighted by atomic mass is 9.88. The Hall–Kier alpha value is -1.80. The predicted molar refractivity (Wildman–Crippen MR) is 104 cm³/mol. The lowest BCUT2D eigenvalue weighted by Crippen LogP contribution is -2.58. The van der Waals surface area contributed by atoms with Crippen LogP contribution in [0.2, 0.25) is 0 Å². The highest BCUT2D eigenvalue weighted by molar-refractivity contribution is 5.74. The van der Waals surface area contributed by atoms with E-state index in [0.29, 0.717) is 12.5 Å². The van der Waals surface area contributed by atoms with Gasteiger partial charge in [-0.1, -0.05) is 0 Å². The molecule has 3 aliphatic rings. The van der Waals surface area contributed by atoms with E-state index in [1.165, 1.54) is 18.5 Å². The molecule has 27 heavy (non-hydrogen) atoms. The van der Waals surface area contributed by atoms with Crippen molar-refractivity contribution in [2.75, 3.05) is 64.9 Å². The molecule has 0 atom stereocenters. The minimum Gasteiger partial charge on any atom is -0.381 e. The van der Waals surface area contributed by atoms with Crippen molar-refractivity contribution in [2.45, 2.75) is 37.1 Å². The van der Waals surface area contributed by atoms with Crippen molar-refractivity contribution in [2.24, 2.45) is 0 Å². The van der Waals surface area contributed by atoms with Crippen LogP contribution in [0.1, 0.15) is 37.3 Å². The molecular formula is C19H32N6O2. The summed E-state index contributed by atoms with van der Waals surface area (Å²) in [5, 5.41) is 10.8. The number of carbonyl (C=O) groups is 1. The first-order valence-electron chi connectivity index (χ1n) is 10.2. The highest BCUT2D eigenvalue weighted by atomic mass is 16.5. The third kappa shape index (κ3) is 4.06. The zero-order valence-corrected chi connectivity index (χ0v) is 16.5. The summed E-state index contributed by atoms with van der Waals surface area (Å²) in [5.41, 5.74) is 1.26. The zero-order valence-electron chi connectivity index (χ0n) is 16.5. The van der Waals surface area contributed by atoms with E-state index < -0.39 is 0 Å². The van der Waals surface area contributed by atoms with Gasteiger partial charge in [-0.25, -0.2) is 4.79 Å². The third-order valence-electron chi connectivity index (χ3n) is 6.43. The number of aromatic nitrogens is 2. The van der Waals surface area contributed by atoms with E-state index in [9.17, 15) is 4.79 Å². The Morgan fingerprint density at radius 3 is 2.63 bits per heavy atom. The number of piperazine rings is 1. The summed E-state index contributed by atoms with van der Waals surface area (Å²) in [4.78, 5) is 19.1. The second-order valence-electron chi connectivity index (χ2n) is 8.32. The number of hydrogen-bond donors (Lipinski definition) is 2. The molecule has 0 unspecified atom stereocenters. The van der Waals surface area contributed by atoms with Crippen LogP contribution in [0.4, 0.5) is 10.6 Å². The molecule has 3 fully saturated rings. The number of amides is 2. The molecule has 4 rings (SSSR count). The van der Waals surface area contributed by atoms with Crippen LogP contribution in [-0.2, 0) is 4.74 Å². The largest absolute Gasteiger partial charge is 0.381 e. The molecule has 2 amide bonds. The highest BCUT2D eigenvalue weighted by Crippen LogP contribution is 2.39. The van der Waals surface area contributed by atoms with Gasteiger partial charge in [-0.3, -0.25) is 5.10 Å². The van der Waals surface area contributed by atoms with Gasteiger partial charge in [-0.2, -0.15) is 5.10 Å². The normalized spacial score (nSPS) is 22.9. The number of nitrogens with one attached hydrogen (secondary N) is 2. The van der Waals surface area contributed by atoms with Crippen LogP contribution in [-0.4, -0.2) is 91.6 Å². The van der Waals surface area contributed by atoms with Gasteiger partial charge in [0.1, 0.15) is 0 Å². The number of ether oxygens (including phenoxy) is 1. The number of carbonyl (C=O) groups excluding carboxylic acids is 1. The van der Waals surface area contributed by atoms with Gasteiger partial charge in [0.05, 0.1) is 0 Å². The second-order valence-corrected chi connectivity index (χ2v) is 8.32. The average molecular weight is 377 g/mol. The maximum atomic E-state index is 12.7.